The summed E-state index contributed by atoms with van der Waals surface area (Å²) in [7, 11) is 0. The van der Waals surface area contributed by atoms with Crippen molar-refractivity contribution < 1.29 is 5.11 Å². The molecule has 0 amide bonds. The molecule has 0 bridgehead atoms. The number of hydrogen-bond donors (Lipinski definition) is 1. The maximum atomic E-state index is 9.17. The van der Waals surface area contributed by atoms with E-state index >= 15 is 0 Å². The molecule has 0 aromatic heterocycles. The molecule has 0 saturated heterocycles. The molecule has 0 aliphatic heterocycles. The van der Waals surface area contributed by atoms with Gasteiger partial charge in [-0.1, -0.05) is 45.3 Å². The molecule has 1 nitrogen and oxygen atoms in total. The summed E-state index contributed by atoms with van der Waals surface area (Å²) < 4.78 is 0. The van der Waals surface area contributed by atoms with Gasteiger partial charge in [0.25, 0.3) is 0 Å². The van der Waals surface area contributed by atoms with E-state index in [1.165, 1.54) is 25.7 Å². The molecule has 0 fully saturated rings. The van der Waals surface area contributed by atoms with Crippen LogP contribution in [0.15, 0.2) is 12.2 Å². The van der Waals surface area contributed by atoms with Gasteiger partial charge >= 0.3 is 0 Å². The Kier molecular flexibility index (Phi) is 8.57. The quantitative estimate of drug-likeness (QED) is 0.459. The first-order valence-electron chi connectivity index (χ1n) is 5.16. The Balaban J connectivity index is 3.12. The van der Waals surface area contributed by atoms with Crippen LogP contribution >= 0.6 is 0 Å². The molecule has 0 aliphatic rings. The van der Waals surface area contributed by atoms with E-state index in [0.29, 0.717) is 0 Å². The van der Waals surface area contributed by atoms with Crippen molar-refractivity contribution in [3.8, 4) is 0 Å². The van der Waals surface area contributed by atoms with Crippen molar-refractivity contribution in [1.82, 2.24) is 0 Å². The largest absolute Gasteiger partial charge is 0.389 e. The van der Waals surface area contributed by atoms with Gasteiger partial charge < -0.3 is 5.11 Å². The van der Waals surface area contributed by atoms with Crippen LogP contribution in [0.25, 0.3) is 0 Å². The number of unbranched alkanes of at least 4 members (excludes halogenated alkanes) is 4. The number of rotatable bonds is 7. The predicted molar refractivity (Wildman–Crippen MR) is 54.2 cm³/mol. The molecule has 0 aliphatic carbocycles. The van der Waals surface area contributed by atoms with E-state index in [9.17, 15) is 5.11 Å². The third-order valence-electron chi connectivity index (χ3n) is 2.00. The molecule has 0 spiro atoms. The van der Waals surface area contributed by atoms with Gasteiger partial charge in [0.05, 0.1) is 6.10 Å². The van der Waals surface area contributed by atoms with Crippen LogP contribution in [0.3, 0.4) is 0 Å². The normalized spacial score (nSPS) is 13.9. The summed E-state index contributed by atoms with van der Waals surface area (Å²) in [6.07, 6.45) is 10.9. The van der Waals surface area contributed by atoms with Crippen LogP contribution < -0.4 is 0 Å². The fourth-order valence-corrected chi connectivity index (χ4v) is 1.08. The molecule has 0 saturated carbocycles. The second kappa shape index (κ2) is 8.79. The maximum absolute atomic E-state index is 9.17. The first-order valence-corrected chi connectivity index (χ1v) is 5.16. The van der Waals surface area contributed by atoms with E-state index in [-0.39, 0.29) is 6.10 Å². The molecule has 0 rings (SSSR count). The third kappa shape index (κ3) is 7.80. The van der Waals surface area contributed by atoms with E-state index in [1.54, 1.807) is 0 Å². The number of allylic oxidation sites excluding steroid dienone is 1. The Morgan fingerprint density at radius 3 is 2.50 bits per heavy atom. The van der Waals surface area contributed by atoms with E-state index < -0.39 is 0 Å². The summed E-state index contributed by atoms with van der Waals surface area (Å²) in [6.45, 7) is 4.21. The van der Waals surface area contributed by atoms with Gasteiger partial charge in [-0.2, -0.15) is 0 Å². The van der Waals surface area contributed by atoms with Crippen molar-refractivity contribution in [2.75, 3.05) is 0 Å². The number of aliphatic hydroxyl groups excluding tert-OH is 1. The fourth-order valence-electron chi connectivity index (χ4n) is 1.08. The highest BCUT2D eigenvalue weighted by Crippen LogP contribution is 2.03. The molecule has 0 heterocycles. The van der Waals surface area contributed by atoms with Crippen LogP contribution in [0.4, 0.5) is 0 Å². The Morgan fingerprint density at radius 1 is 1.17 bits per heavy atom. The lowest BCUT2D eigenvalue weighted by Gasteiger charge is -1.98. The second-order valence-electron chi connectivity index (χ2n) is 3.25. The number of aliphatic hydroxyl groups is 1. The molecule has 0 radical (unpaired) electrons. The lowest BCUT2D eigenvalue weighted by molar-refractivity contribution is 0.219. The van der Waals surface area contributed by atoms with Crippen molar-refractivity contribution in [3.63, 3.8) is 0 Å². The van der Waals surface area contributed by atoms with Crippen LogP contribution in [-0.2, 0) is 0 Å². The van der Waals surface area contributed by atoms with Gasteiger partial charge in [0.2, 0.25) is 0 Å². The molecule has 72 valence electrons. The van der Waals surface area contributed by atoms with Gasteiger partial charge in [-0.05, 0) is 19.3 Å². The Labute approximate surface area is 76.5 Å². The lowest BCUT2D eigenvalue weighted by atomic mass is 10.1. The molecule has 0 aromatic carbocycles. The molecule has 1 N–H and O–H groups in total. The molecular formula is C11H22O. The summed E-state index contributed by atoms with van der Waals surface area (Å²) in [4.78, 5) is 0. The molecule has 12 heavy (non-hydrogen) atoms. The molecular weight excluding hydrogens is 148 g/mol. The Morgan fingerprint density at radius 2 is 1.92 bits per heavy atom. The van der Waals surface area contributed by atoms with E-state index in [0.717, 1.165) is 12.8 Å². The van der Waals surface area contributed by atoms with Gasteiger partial charge in [0, 0.05) is 0 Å². The van der Waals surface area contributed by atoms with Gasteiger partial charge in [-0.15, -0.1) is 0 Å². The highest BCUT2D eigenvalue weighted by molar-refractivity contribution is 4.87. The average Bonchev–Trinajstić information content (AvgIpc) is 2.10. The molecule has 1 heteroatoms. The topological polar surface area (TPSA) is 20.2 Å². The SMILES string of the molecule is CCCCCC/C=C/C(O)CC. The predicted octanol–water partition coefficient (Wildman–Crippen LogP) is 3.28. The van der Waals surface area contributed by atoms with Gasteiger partial charge in [-0.25, -0.2) is 0 Å². The van der Waals surface area contributed by atoms with E-state index in [4.69, 9.17) is 0 Å². The fraction of sp³-hybridized carbons (Fsp3) is 0.818. The molecule has 1 atom stereocenters. The van der Waals surface area contributed by atoms with Gasteiger partial charge in [0.15, 0.2) is 0 Å². The van der Waals surface area contributed by atoms with Gasteiger partial charge in [0.1, 0.15) is 0 Å². The standard InChI is InChI=1S/C11H22O/c1-3-5-6-7-8-9-10-11(12)4-2/h9-12H,3-8H2,1-2H3/b10-9+. The summed E-state index contributed by atoms with van der Waals surface area (Å²) in [6, 6.07) is 0. The zero-order chi connectivity index (χ0) is 9.23. The summed E-state index contributed by atoms with van der Waals surface area (Å²) in [5.74, 6) is 0. The van der Waals surface area contributed by atoms with Crippen LogP contribution in [0.2, 0.25) is 0 Å². The molecule has 1 unspecified atom stereocenters. The minimum atomic E-state index is -0.226. The minimum Gasteiger partial charge on any atom is -0.389 e. The smallest absolute Gasteiger partial charge is 0.0718 e. The summed E-state index contributed by atoms with van der Waals surface area (Å²) >= 11 is 0. The first-order chi connectivity index (χ1) is 5.81. The summed E-state index contributed by atoms with van der Waals surface area (Å²) in [5, 5.41) is 9.17. The molecule has 0 aromatic rings. The van der Waals surface area contributed by atoms with Crippen LogP contribution in [0, 0.1) is 0 Å². The van der Waals surface area contributed by atoms with Crippen molar-refractivity contribution in [1.29, 1.82) is 0 Å². The minimum absolute atomic E-state index is 0.226. The van der Waals surface area contributed by atoms with Crippen LogP contribution in [-0.4, -0.2) is 11.2 Å². The zero-order valence-electron chi connectivity index (χ0n) is 8.42. The third-order valence-corrected chi connectivity index (χ3v) is 2.00. The van der Waals surface area contributed by atoms with E-state index in [1.807, 2.05) is 13.0 Å². The first kappa shape index (κ1) is 11.7. The van der Waals surface area contributed by atoms with E-state index in [2.05, 4.69) is 13.0 Å². The monoisotopic (exact) mass is 170 g/mol. The second-order valence-corrected chi connectivity index (χ2v) is 3.25. The lowest BCUT2D eigenvalue weighted by Crippen LogP contribution is -1.97. The van der Waals surface area contributed by atoms with Crippen LogP contribution in [0.5, 0.6) is 0 Å². The zero-order valence-corrected chi connectivity index (χ0v) is 8.42. The number of hydrogen-bond acceptors (Lipinski definition) is 1. The Bertz CT molecular complexity index is 108. The van der Waals surface area contributed by atoms with Crippen molar-refractivity contribution >= 4 is 0 Å². The Hall–Kier alpha value is -0.300. The van der Waals surface area contributed by atoms with Crippen LogP contribution in [0.1, 0.15) is 52.4 Å². The van der Waals surface area contributed by atoms with Crippen molar-refractivity contribution in [2.24, 2.45) is 0 Å². The van der Waals surface area contributed by atoms with Gasteiger partial charge in [-0.3, -0.25) is 0 Å². The maximum Gasteiger partial charge on any atom is 0.0718 e. The summed E-state index contributed by atoms with van der Waals surface area (Å²) in [5.41, 5.74) is 0. The highest BCUT2D eigenvalue weighted by Gasteiger charge is 1.91. The average molecular weight is 170 g/mol. The van der Waals surface area contributed by atoms with Crippen molar-refractivity contribution in [3.05, 3.63) is 12.2 Å². The highest BCUT2D eigenvalue weighted by atomic mass is 16.3. The van der Waals surface area contributed by atoms with Crippen molar-refractivity contribution in [2.45, 2.75) is 58.5 Å².